The zero-order valence-electron chi connectivity index (χ0n) is 12.8. The van der Waals surface area contributed by atoms with Gasteiger partial charge in [0.1, 0.15) is 0 Å². The lowest BCUT2D eigenvalue weighted by atomic mass is 10.0. The fourth-order valence-electron chi connectivity index (χ4n) is 2.46. The summed E-state index contributed by atoms with van der Waals surface area (Å²) in [6, 6.07) is 8.55. The predicted molar refractivity (Wildman–Crippen MR) is 88.9 cm³/mol. The van der Waals surface area contributed by atoms with Crippen molar-refractivity contribution >= 4 is 35.1 Å². The van der Waals surface area contributed by atoms with Crippen molar-refractivity contribution in [3.63, 3.8) is 0 Å². The van der Waals surface area contributed by atoms with E-state index in [4.69, 9.17) is 32.7 Å². The Balaban J connectivity index is 1.86. The van der Waals surface area contributed by atoms with Crippen LogP contribution in [-0.2, 0) is 4.79 Å². The highest BCUT2D eigenvalue weighted by molar-refractivity contribution is 6.36. The molecule has 6 nitrogen and oxygen atoms in total. The first-order valence-electron chi connectivity index (χ1n) is 7.29. The van der Waals surface area contributed by atoms with Crippen LogP contribution in [0.5, 0.6) is 11.5 Å². The largest absolute Gasteiger partial charge is 0.550 e. The summed E-state index contributed by atoms with van der Waals surface area (Å²) >= 11 is 11.8. The molecule has 0 saturated heterocycles. The molecule has 1 N–H and O–H groups in total. The van der Waals surface area contributed by atoms with E-state index in [0.29, 0.717) is 22.1 Å². The van der Waals surface area contributed by atoms with Crippen molar-refractivity contribution in [1.29, 1.82) is 0 Å². The maximum Gasteiger partial charge on any atom is 0.253 e. The van der Waals surface area contributed by atoms with Crippen LogP contribution in [0.1, 0.15) is 28.4 Å². The van der Waals surface area contributed by atoms with Crippen molar-refractivity contribution in [3.05, 3.63) is 57.6 Å². The van der Waals surface area contributed by atoms with Gasteiger partial charge in [-0.05, 0) is 35.9 Å². The minimum absolute atomic E-state index is 0.0939. The van der Waals surface area contributed by atoms with Crippen LogP contribution in [0.4, 0.5) is 0 Å². The van der Waals surface area contributed by atoms with E-state index in [0.717, 1.165) is 0 Å². The van der Waals surface area contributed by atoms with Crippen LogP contribution in [0, 0.1) is 0 Å². The van der Waals surface area contributed by atoms with Crippen molar-refractivity contribution in [2.75, 3.05) is 6.79 Å². The van der Waals surface area contributed by atoms with E-state index in [9.17, 15) is 14.7 Å². The van der Waals surface area contributed by atoms with Gasteiger partial charge in [-0.3, -0.25) is 4.79 Å². The summed E-state index contributed by atoms with van der Waals surface area (Å²) < 4.78 is 10.5. The molecule has 2 aromatic rings. The van der Waals surface area contributed by atoms with Gasteiger partial charge in [-0.25, -0.2) is 0 Å². The third-order valence-corrected chi connectivity index (χ3v) is 4.20. The molecular weight excluding hydrogens is 369 g/mol. The second-order valence-electron chi connectivity index (χ2n) is 5.34. The summed E-state index contributed by atoms with van der Waals surface area (Å²) in [5, 5.41) is 14.3. The molecule has 0 spiro atoms. The van der Waals surface area contributed by atoms with E-state index in [1.54, 1.807) is 18.2 Å². The molecule has 0 radical (unpaired) electrons. The number of halogens is 2. The topological polar surface area (TPSA) is 87.7 Å². The number of fused-ring (bicyclic) bond motifs is 1. The summed E-state index contributed by atoms with van der Waals surface area (Å²) in [6.07, 6.45) is -0.406. The molecule has 0 fully saturated rings. The maximum atomic E-state index is 12.5. The zero-order valence-corrected chi connectivity index (χ0v) is 14.3. The van der Waals surface area contributed by atoms with Crippen LogP contribution in [0.2, 0.25) is 10.0 Å². The molecule has 0 aromatic heterocycles. The molecule has 130 valence electrons. The molecule has 0 saturated carbocycles. The number of carboxylic acids is 1. The summed E-state index contributed by atoms with van der Waals surface area (Å²) in [5.41, 5.74) is 0.738. The van der Waals surface area contributed by atoms with Crippen molar-refractivity contribution < 1.29 is 24.2 Å². The van der Waals surface area contributed by atoms with Gasteiger partial charge in [0.2, 0.25) is 6.79 Å². The smallest absolute Gasteiger partial charge is 0.253 e. The number of carbonyl (C=O) groups is 2. The Bertz CT molecular complexity index is 840. The van der Waals surface area contributed by atoms with E-state index in [1.165, 1.54) is 18.2 Å². The number of carbonyl (C=O) groups excluding carboxylic acids is 2. The molecule has 1 aliphatic heterocycles. The maximum absolute atomic E-state index is 12.5. The Morgan fingerprint density at radius 1 is 1.12 bits per heavy atom. The minimum Gasteiger partial charge on any atom is -0.550 e. The van der Waals surface area contributed by atoms with Crippen LogP contribution in [0.15, 0.2) is 36.4 Å². The number of amides is 1. The van der Waals surface area contributed by atoms with E-state index < -0.39 is 24.3 Å². The number of nitrogens with one attached hydrogen (secondary N) is 1. The number of benzene rings is 2. The van der Waals surface area contributed by atoms with Crippen molar-refractivity contribution in [1.82, 2.24) is 5.32 Å². The Labute approximate surface area is 153 Å². The average Bonchev–Trinajstić information content (AvgIpc) is 3.01. The first kappa shape index (κ1) is 17.4. The second-order valence-corrected chi connectivity index (χ2v) is 6.18. The first-order valence-corrected chi connectivity index (χ1v) is 8.05. The summed E-state index contributed by atoms with van der Waals surface area (Å²) in [4.78, 5) is 23.6. The van der Waals surface area contributed by atoms with E-state index in [-0.39, 0.29) is 17.4 Å². The number of carboxylic acid groups (broad SMARTS) is 1. The normalized spacial score (nSPS) is 13.4. The predicted octanol–water partition coefficient (Wildman–Crippen LogP) is 2.33. The van der Waals surface area contributed by atoms with Gasteiger partial charge in [0.05, 0.1) is 16.6 Å². The van der Waals surface area contributed by atoms with E-state index >= 15 is 0 Å². The standard InChI is InChI=1S/C17H13Cl2NO5/c18-10-2-3-11(12(19)6-10)17(23)20-13(7-16(21)22)9-1-4-14-15(5-9)25-8-24-14/h1-6,13H,7-8H2,(H,20,23)(H,21,22)/p-1/t13-/m1/s1. The van der Waals surface area contributed by atoms with Crippen LogP contribution >= 0.6 is 23.2 Å². The molecule has 0 bridgehead atoms. The summed E-state index contributed by atoms with van der Waals surface area (Å²) in [6.45, 7) is 0.0939. The lowest BCUT2D eigenvalue weighted by Crippen LogP contribution is -2.34. The van der Waals surface area contributed by atoms with Crippen molar-refractivity contribution in [2.24, 2.45) is 0 Å². The van der Waals surface area contributed by atoms with Gasteiger partial charge >= 0.3 is 0 Å². The van der Waals surface area contributed by atoms with Gasteiger partial charge in [-0.1, -0.05) is 29.3 Å². The molecule has 1 aliphatic rings. The van der Waals surface area contributed by atoms with E-state index in [2.05, 4.69) is 5.32 Å². The summed E-state index contributed by atoms with van der Waals surface area (Å²) in [5.74, 6) is -0.779. The molecule has 0 aliphatic carbocycles. The van der Waals surface area contributed by atoms with Gasteiger partial charge in [-0.2, -0.15) is 0 Å². The Morgan fingerprint density at radius 2 is 1.88 bits per heavy atom. The fraction of sp³-hybridized carbons (Fsp3) is 0.176. The zero-order chi connectivity index (χ0) is 18.0. The number of ether oxygens (including phenoxy) is 2. The van der Waals surface area contributed by atoms with Gasteiger partial charge < -0.3 is 24.7 Å². The monoisotopic (exact) mass is 380 g/mol. The molecule has 3 rings (SSSR count). The van der Waals surface area contributed by atoms with Gasteiger partial charge in [0, 0.05) is 17.4 Å². The molecule has 0 unspecified atom stereocenters. The van der Waals surface area contributed by atoms with E-state index in [1.807, 2.05) is 0 Å². The van der Waals surface area contributed by atoms with Gasteiger partial charge in [0.25, 0.3) is 5.91 Å². The second kappa shape index (κ2) is 7.21. The molecule has 25 heavy (non-hydrogen) atoms. The molecule has 1 heterocycles. The minimum atomic E-state index is -1.30. The number of hydrogen-bond acceptors (Lipinski definition) is 5. The number of rotatable bonds is 5. The van der Waals surface area contributed by atoms with Crippen LogP contribution in [0.3, 0.4) is 0 Å². The summed E-state index contributed by atoms with van der Waals surface area (Å²) in [7, 11) is 0. The molecule has 2 aromatic carbocycles. The Hall–Kier alpha value is -2.44. The molecular formula is C17H12Cl2NO5-. The molecule has 1 amide bonds. The Morgan fingerprint density at radius 3 is 2.60 bits per heavy atom. The van der Waals surface area contributed by atoms with Crippen LogP contribution in [0.25, 0.3) is 0 Å². The quantitative estimate of drug-likeness (QED) is 0.859. The van der Waals surface area contributed by atoms with Gasteiger partial charge in [-0.15, -0.1) is 0 Å². The highest BCUT2D eigenvalue weighted by Gasteiger charge is 2.21. The Kier molecular flexibility index (Phi) is 5.01. The average molecular weight is 381 g/mol. The fourth-order valence-corrected chi connectivity index (χ4v) is 2.95. The molecule has 8 heteroatoms. The van der Waals surface area contributed by atoms with Crippen molar-refractivity contribution in [3.8, 4) is 11.5 Å². The number of hydrogen-bond donors (Lipinski definition) is 1. The lowest BCUT2D eigenvalue weighted by Gasteiger charge is -2.20. The van der Waals surface area contributed by atoms with Gasteiger partial charge in [0.15, 0.2) is 11.5 Å². The molecule has 1 atom stereocenters. The third kappa shape index (κ3) is 3.97. The number of aliphatic carboxylic acids is 1. The lowest BCUT2D eigenvalue weighted by molar-refractivity contribution is -0.306. The SMILES string of the molecule is O=C([O-])C[C@@H](NC(=O)c1ccc(Cl)cc1Cl)c1ccc2c(c1)OCO2. The van der Waals surface area contributed by atoms with Crippen LogP contribution in [-0.4, -0.2) is 18.7 Å². The van der Waals surface area contributed by atoms with Crippen molar-refractivity contribution in [2.45, 2.75) is 12.5 Å². The highest BCUT2D eigenvalue weighted by Crippen LogP contribution is 2.35. The highest BCUT2D eigenvalue weighted by atomic mass is 35.5. The van der Waals surface area contributed by atoms with Crippen LogP contribution < -0.4 is 19.9 Å². The first-order chi connectivity index (χ1) is 11.9. The third-order valence-electron chi connectivity index (χ3n) is 3.65.